The minimum atomic E-state index is 0.640. The molecule has 0 aromatic heterocycles. The molecule has 3 nitrogen and oxygen atoms in total. The van der Waals surface area contributed by atoms with Crippen molar-refractivity contribution in [1.82, 2.24) is 0 Å². The Kier molecular flexibility index (Phi) is 5.05. The van der Waals surface area contributed by atoms with Crippen LogP contribution in [0.5, 0.6) is 0 Å². The average Bonchev–Trinajstić information content (AvgIpc) is 2.70. The second-order valence-electron chi connectivity index (χ2n) is 5.77. The van der Waals surface area contributed by atoms with E-state index in [0.717, 1.165) is 36.1 Å². The zero-order valence-corrected chi connectivity index (χ0v) is 14.1. The highest BCUT2D eigenvalue weighted by atomic mass is 16.1. The van der Waals surface area contributed by atoms with E-state index in [9.17, 15) is 9.59 Å². The molecule has 0 aliphatic rings. The van der Waals surface area contributed by atoms with E-state index in [0.29, 0.717) is 11.1 Å². The Morgan fingerprint density at radius 3 is 1.32 bits per heavy atom. The molecule has 0 atom stereocenters. The van der Waals surface area contributed by atoms with Crippen molar-refractivity contribution < 1.29 is 9.59 Å². The van der Waals surface area contributed by atoms with Crippen molar-refractivity contribution in [2.45, 2.75) is 13.3 Å². The predicted octanol–water partition coefficient (Wildman–Crippen LogP) is 5.34. The Morgan fingerprint density at radius 2 is 1.00 bits per heavy atom. The van der Waals surface area contributed by atoms with Crippen molar-refractivity contribution in [3.63, 3.8) is 0 Å². The number of anilines is 3. The summed E-state index contributed by atoms with van der Waals surface area (Å²) in [5, 5.41) is 0. The molecule has 0 aliphatic heterocycles. The Bertz CT molecular complexity index is 799. The fraction of sp³-hybridized carbons (Fsp3) is 0.0909. The number of aryl methyl sites for hydroxylation is 1. The lowest BCUT2D eigenvalue weighted by atomic mass is 10.1. The Morgan fingerprint density at radius 1 is 0.640 bits per heavy atom. The number of benzene rings is 3. The summed E-state index contributed by atoms with van der Waals surface area (Å²) in [7, 11) is 0. The molecule has 0 bridgehead atoms. The summed E-state index contributed by atoms with van der Waals surface area (Å²) in [4.78, 5) is 23.9. The van der Waals surface area contributed by atoms with Crippen LogP contribution in [0.15, 0.2) is 72.8 Å². The van der Waals surface area contributed by atoms with Gasteiger partial charge in [-0.15, -0.1) is 0 Å². The number of carbonyl (C=O) groups is 2. The van der Waals surface area contributed by atoms with E-state index in [-0.39, 0.29) is 0 Å². The minimum Gasteiger partial charge on any atom is -0.311 e. The second kappa shape index (κ2) is 7.58. The molecule has 0 heterocycles. The van der Waals surface area contributed by atoms with E-state index in [1.54, 1.807) is 24.3 Å². The van der Waals surface area contributed by atoms with Crippen LogP contribution in [-0.4, -0.2) is 12.6 Å². The summed E-state index contributed by atoms with van der Waals surface area (Å²) in [6.45, 7) is 2.13. The largest absolute Gasteiger partial charge is 0.311 e. The molecule has 0 unspecified atom stereocenters. The number of rotatable bonds is 6. The Balaban J connectivity index is 2.07. The van der Waals surface area contributed by atoms with Crippen LogP contribution in [0.4, 0.5) is 17.1 Å². The first kappa shape index (κ1) is 16.7. The van der Waals surface area contributed by atoms with Crippen molar-refractivity contribution in [1.29, 1.82) is 0 Å². The van der Waals surface area contributed by atoms with E-state index < -0.39 is 0 Å². The Hall–Kier alpha value is -3.20. The first-order valence-corrected chi connectivity index (χ1v) is 8.24. The highest BCUT2D eigenvalue weighted by Crippen LogP contribution is 2.34. The molecule has 124 valence electrons. The number of hydrogen-bond donors (Lipinski definition) is 0. The monoisotopic (exact) mass is 329 g/mol. The van der Waals surface area contributed by atoms with Gasteiger partial charge in [-0.3, -0.25) is 9.59 Å². The van der Waals surface area contributed by atoms with Crippen LogP contribution in [0.1, 0.15) is 33.2 Å². The van der Waals surface area contributed by atoms with Crippen molar-refractivity contribution in [3.8, 4) is 0 Å². The maximum absolute atomic E-state index is 10.9. The molecule has 3 heteroatoms. The van der Waals surface area contributed by atoms with Crippen LogP contribution in [0.25, 0.3) is 0 Å². The predicted molar refractivity (Wildman–Crippen MR) is 101 cm³/mol. The molecule has 3 aromatic rings. The van der Waals surface area contributed by atoms with Crippen LogP contribution in [0, 0.1) is 0 Å². The highest BCUT2D eigenvalue weighted by Gasteiger charge is 2.12. The topological polar surface area (TPSA) is 37.4 Å². The molecule has 0 N–H and O–H groups in total. The fourth-order valence-corrected chi connectivity index (χ4v) is 2.73. The summed E-state index contributed by atoms with van der Waals surface area (Å²) in [6, 6.07) is 23.3. The summed E-state index contributed by atoms with van der Waals surface area (Å²) >= 11 is 0. The normalized spacial score (nSPS) is 10.3. The number of carbonyl (C=O) groups excluding carboxylic acids is 2. The molecule has 0 aliphatic carbocycles. The van der Waals surface area contributed by atoms with Gasteiger partial charge in [0.1, 0.15) is 12.6 Å². The number of aldehydes is 2. The second-order valence-corrected chi connectivity index (χ2v) is 5.77. The first-order chi connectivity index (χ1) is 12.2. The van der Waals surface area contributed by atoms with Gasteiger partial charge >= 0.3 is 0 Å². The molecule has 3 rings (SSSR count). The average molecular weight is 329 g/mol. The minimum absolute atomic E-state index is 0.640. The van der Waals surface area contributed by atoms with Gasteiger partial charge in [-0.25, -0.2) is 0 Å². The quantitative estimate of drug-likeness (QED) is 0.573. The summed E-state index contributed by atoms with van der Waals surface area (Å²) in [6.07, 6.45) is 2.66. The Labute approximate surface area is 147 Å². The van der Waals surface area contributed by atoms with Gasteiger partial charge in [-0.2, -0.15) is 0 Å². The van der Waals surface area contributed by atoms with Gasteiger partial charge in [0.25, 0.3) is 0 Å². The van der Waals surface area contributed by atoms with Crippen LogP contribution < -0.4 is 4.90 Å². The maximum atomic E-state index is 10.9. The molecule has 0 spiro atoms. The molecule has 0 saturated heterocycles. The van der Waals surface area contributed by atoms with Gasteiger partial charge in [0.05, 0.1) is 0 Å². The van der Waals surface area contributed by atoms with Crippen molar-refractivity contribution in [2.75, 3.05) is 4.90 Å². The van der Waals surface area contributed by atoms with Crippen molar-refractivity contribution in [2.24, 2.45) is 0 Å². The molecular weight excluding hydrogens is 310 g/mol. The summed E-state index contributed by atoms with van der Waals surface area (Å²) in [5.74, 6) is 0. The van der Waals surface area contributed by atoms with Crippen LogP contribution in [0.3, 0.4) is 0 Å². The third-order valence-electron chi connectivity index (χ3n) is 4.18. The van der Waals surface area contributed by atoms with Crippen LogP contribution in [0.2, 0.25) is 0 Å². The lowest BCUT2D eigenvalue weighted by Crippen LogP contribution is -2.10. The fourth-order valence-electron chi connectivity index (χ4n) is 2.73. The van der Waals surface area contributed by atoms with E-state index in [4.69, 9.17) is 0 Å². The van der Waals surface area contributed by atoms with Gasteiger partial charge < -0.3 is 4.90 Å². The van der Waals surface area contributed by atoms with E-state index >= 15 is 0 Å². The van der Waals surface area contributed by atoms with Crippen LogP contribution in [-0.2, 0) is 6.42 Å². The lowest BCUT2D eigenvalue weighted by molar-refractivity contribution is 0.111. The van der Waals surface area contributed by atoms with E-state index in [1.807, 2.05) is 24.3 Å². The van der Waals surface area contributed by atoms with Gasteiger partial charge in [0, 0.05) is 28.2 Å². The van der Waals surface area contributed by atoms with Gasteiger partial charge in [0.15, 0.2) is 0 Å². The first-order valence-electron chi connectivity index (χ1n) is 8.24. The van der Waals surface area contributed by atoms with Crippen LogP contribution >= 0.6 is 0 Å². The zero-order valence-electron chi connectivity index (χ0n) is 14.1. The lowest BCUT2D eigenvalue weighted by Gasteiger charge is -2.25. The van der Waals surface area contributed by atoms with E-state index in [1.165, 1.54) is 5.56 Å². The number of hydrogen-bond acceptors (Lipinski definition) is 3. The summed E-state index contributed by atoms with van der Waals surface area (Å²) in [5.41, 5.74) is 5.48. The molecule has 3 aromatic carbocycles. The van der Waals surface area contributed by atoms with Crippen molar-refractivity contribution >= 4 is 29.6 Å². The van der Waals surface area contributed by atoms with E-state index in [2.05, 4.69) is 36.1 Å². The number of nitrogens with zero attached hydrogens (tertiary/aromatic N) is 1. The molecule has 25 heavy (non-hydrogen) atoms. The SMILES string of the molecule is CCc1ccc(N(c2ccc(C=O)cc2)c2ccc(C=O)cc2)cc1. The van der Waals surface area contributed by atoms with Gasteiger partial charge in [-0.05, 0) is 72.6 Å². The molecule has 0 amide bonds. The highest BCUT2D eigenvalue weighted by molar-refractivity contribution is 5.82. The molecular formula is C22H19NO2. The van der Waals surface area contributed by atoms with Crippen molar-refractivity contribution in [3.05, 3.63) is 89.5 Å². The molecule has 0 radical (unpaired) electrons. The van der Waals surface area contributed by atoms with Gasteiger partial charge in [-0.1, -0.05) is 19.1 Å². The third-order valence-corrected chi connectivity index (χ3v) is 4.18. The summed E-state index contributed by atoms with van der Waals surface area (Å²) < 4.78 is 0. The molecule has 0 fully saturated rings. The van der Waals surface area contributed by atoms with Gasteiger partial charge in [0.2, 0.25) is 0 Å². The maximum Gasteiger partial charge on any atom is 0.150 e. The zero-order chi connectivity index (χ0) is 17.6. The standard InChI is InChI=1S/C22H19NO2/c1-2-17-3-9-20(10-4-17)23(21-11-5-18(15-24)6-12-21)22-13-7-19(16-25)8-14-22/h3-16H,2H2,1H3. The molecule has 0 saturated carbocycles. The smallest absolute Gasteiger partial charge is 0.150 e. The third kappa shape index (κ3) is 3.66.